The number of hydrogen-bond acceptors (Lipinski definition) is 5. The van der Waals surface area contributed by atoms with Crippen LogP contribution in [0.3, 0.4) is 0 Å². The summed E-state index contributed by atoms with van der Waals surface area (Å²) in [5.41, 5.74) is 1.49. The highest BCUT2D eigenvalue weighted by atomic mass is 19.1. The van der Waals surface area contributed by atoms with Gasteiger partial charge in [0.2, 0.25) is 5.91 Å². The second-order valence-electron chi connectivity index (χ2n) is 6.20. The van der Waals surface area contributed by atoms with Crippen molar-refractivity contribution in [3.8, 4) is 0 Å². The van der Waals surface area contributed by atoms with Crippen LogP contribution in [-0.2, 0) is 18.4 Å². The van der Waals surface area contributed by atoms with Crippen molar-refractivity contribution < 1.29 is 13.6 Å². The van der Waals surface area contributed by atoms with E-state index in [1.807, 2.05) is 11.9 Å². The molecule has 9 heteroatoms. The maximum atomic E-state index is 13.8. The first-order valence-electron chi connectivity index (χ1n) is 8.11. The monoisotopic (exact) mass is 358 g/mol. The lowest BCUT2D eigenvalue weighted by Crippen LogP contribution is -2.50. The van der Waals surface area contributed by atoms with Crippen molar-refractivity contribution in [2.45, 2.75) is 6.54 Å². The van der Waals surface area contributed by atoms with Crippen LogP contribution in [0.5, 0.6) is 0 Å². The Bertz CT molecular complexity index is 989. The molecule has 3 heterocycles. The largest absolute Gasteiger partial charge is 0.344 e. The Morgan fingerprint density at radius 1 is 1.15 bits per heavy atom. The second kappa shape index (κ2) is 6.32. The third kappa shape index (κ3) is 2.85. The molecule has 1 aliphatic rings. The third-order valence-corrected chi connectivity index (χ3v) is 4.46. The van der Waals surface area contributed by atoms with Crippen LogP contribution in [0.2, 0.25) is 0 Å². The Morgan fingerprint density at radius 3 is 2.81 bits per heavy atom. The van der Waals surface area contributed by atoms with Crippen LogP contribution in [0.4, 0.5) is 14.6 Å². The summed E-state index contributed by atoms with van der Waals surface area (Å²) in [4.78, 5) is 28.6. The van der Waals surface area contributed by atoms with E-state index >= 15 is 0 Å². The van der Waals surface area contributed by atoms with Crippen molar-refractivity contribution in [3.05, 3.63) is 48.1 Å². The van der Waals surface area contributed by atoms with E-state index in [-0.39, 0.29) is 24.6 Å². The van der Waals surface area contributed by atoms with Gasteiger partial charge in [0.1, 0.15) is 18.0 Å². The highest BCUT2D eigenvalue weighted by Gasteiger charge is 2.27. The summed E-state index contributed by atoms with van der Waals surface area (Å²) >= 11 is 0. The van der Waals surface area contributed by atoms with E-state index in [1.54, 1.807) is 10.9 Å². The quantitative estimate of drug-likeness (QED) is 0.710. The summed E-state index contributed by atoms with van der Waals surface area (Å²) in [5, 5.41) is 0. The molecule has 1 aromatic carbocycles. The molecule has 1 aliphatic heterocycles. The molecule has 0 bridgehead atoms. The Hall–Kier alpha value is -3.10. The molecule has 0 spiro atoms. The summed E-state index contributed by atoms with van der Waals surface area (Å²) in [6.45, 7) is 1.04. The summed E-state index contributed by atoms with van der Waals surface area (Å²) in [6, 6.07) is 3.26. The number of anilines is 1. The van der Waals surface area contributed by atoms with Gasteiger partial charge in [0.05, 0.1) is 12.9 Å². The van der Waals surface area contributed by atoms with Gasteiger partial charge >= 0.3 is 0 Å². The van der Waals surface area contributed by atoms with Gasteiger partial charge in [-0.05, 0) is 18.2 Å². The number of nitrogens with zero attached hydrogens (tertiary/aromatic N) is 6. The fourth-order valence-electron chi connectivity index (χ4n) is 3.09. The van der Waals surface area contributed by atoms with E-state index in [0.717, 1.165) is 18.2 Å². The smallest absolute Gasteiger partial charge is 0.242 e. The first kappa shape index (κ1) is 16.4. The lowest BCUT2D eigenvalue weighted by molar-refractivity contribution is -0.131. The van der Waals surface area contributed by atoms with Gasteiger partial charge < -0.3 is 14.4 Å². The van der Waals surface area contributed by atoms with Crippen LogP contribution in [-0.4, -0.2) is 50.0 Å². The van der Waals surface area contributed by atoms with Crippen molar-refractivity contribution in [3.63, 3.8) is 0 Å². The molecule has 1 saturated heterocycles. The fourth-order valence-corrected chi connectivity index (χ4v) is 3.09. The second-order valence-corrected chi connectivity index (χ2v) is 6.20. The number of benzene rings is 1. The van der Waals surface area contributed by atoms with Crippen LogP contribution in [0.1, 0.15) is 5.56 Å². The number of rotatable bonds is 3. The number of hydrogen-bond donors (Lipinski definition) is 0. The van der Waals surface area contributed by atoms with E-state index in [2.05, 4.69) is 15.0 Å². The van der Waals surface area contributed by atoms with Crippen LogP contribution in [0.15, 0.2) is 30.9 Å². The molecule has 3 aromatic rings. The maximum Gasteiger partial charge on any atom is 0.242 e. The molecule has 7 nitrogen and oxygen atoms in total. The van der Waals surface area contributed by atoms with Crippen LogP contribution in [0, 0.1) is 11.6 Å². The molecule has 1 amide bonds. The predicted octanol–water partition coefficient (Wildman–Crippen LogP) is 1.49. The van der Waals surface area contributed by atoms with E-state index in [1.165, 1.54) is 11.2 Å². The van der Waals surface area contributed by atoms with Gasteiger partial charge in [-0.25, -0.2) is 23.7 Å². The van der Waals surface area contributed by atoms with Crippen LogP contribution in [0.25, 0.3) is 11.2 Å². The molecule has 0 radical (unpaired) electrons. The molecule has 0 unspecified atom stereocenters. The highest BCUT2D eigenvalue weighted by Crippen LogP contribution is 2.23. The molecule has 26 heavy (non-hydrogen) atoms. The van der Waals surface area contributed by atoms with E-state index in [4.69, 9.17) is 0 Å². The number of piperazine rings is 1. The zero-order chi connectivity index (χ0) is 18.3. The topological polar surface area (TPSA) is 67.2 Å². The van der Waals surface area contributed by atoms with Gasteiger partial charge in [-0.15, -0.1) is 0 Å². The first-order valence-corrected chi connectivity index (χ1v) is 8.11. The van der Waals surface area contributed by atoms with Crippen molar-refractivity contribution in [2.24, 2.45) is 7.05 Å². The molecule has 4 rings (SSSR count). The minimum atomic E-state index is -0.522. The number of aryl methyl sites for hydroxylation is 1. The number of imidazole rings is 1. The number of fused-ring (bicyclic) bond motifs is 1. The van der Waals surface area contributed by atoms with Crippen molar-refractivity contribution in [2.75, 3.05) is 24.5 Å². The summed E-state index contributed by atoms with van der Waals surface area (Å²) in [5.74, 6) is -0.623. The van der Waals surface area contributed by atoms with Crippen LogP contribution < -0.4 is 4.90 Å². The lowest BCUT2D eigenvalue weighted by Gasteiger charge is -2.35. The average molecular weight is 358 g/mol. The van der Waals surface area contributed by atoms with Crippen molar-refractivity contribution >= 4 is 22.9 Å². The lowest BCUT2D eigenvalue weighted by atomic mass is 10.1. The molecule has 0 N–H and O–H groups in total. The first-order chi connectivity index (χ1) is 12.5. The number of amides is 1. The predicted molar refractivity (Wildman–Crippen MR) is 90.3 cm³/mol. The summed E-state index contributed by atoms with van der Waals surface area (Å²) in [7, 11) is 1.84. The Morgan fingerprint density at radius 2 is 2.00 bits per heavy atom. The van der Waals surface area contributed by atoms with E-state index in [9.17, 15) is 13.6 Å². The number of halogens is 2. The highest BCUT2D eigenvalue weighted by molar-refractivity contribution is 5.88. The van der Waals surface area contributed by atoms with Crippen molar-refractivity contribution in [1.82, 2.24) is 24.4 Å². The Balaban J connectivity index is 1.53. The molecule has 0 atom stereocenters. The van der Waals surface area contributed by atoms with Crippen molar-refractivity contribution in [1.29, 1.82) is 0 Å². The zero-order valence-corrected chi connectivity index (χ0v) is 14.1. The molecule has 1 fully saturated rings. The fraction of sp³-hybridized carbons (Fsp3) is 0.294. The number of aromatic nitrogens is 4. The molecular weight excluding hydrogens is 342 g/mol. The average Bonchev–Trinajstić information content (AvgIpc) is 3.01. The van der Waals surface area contributed by atoms with E-state index in [0.29, 0.717) is 30.1 Å². The Labute approximate surface area is 147 Å². The zero-order valence-electron chi connectivity index (χ0n) is 14.1. The molecule has 0 saturated carbocycles. The minimum Gasteiger partial charge on any atom is -0.344 e. The van der Waals surface area contributed by atoms with Gasteiger partial charge in [-0.1, -0.05) is 0 Å². The van der Waals surface area contributed by atoms with Gasteiger partial charge in [-0.2, -0.15) is 0 Å². The third-order valence-electron chi connectivity index (χ3n) is 4.46. The SMILES string of the molecule is Cn1cnc2c(N3CCN(Cc4cc(F)ccc4F)C(=O)C3)ncnc21. The maximum absolute atomic E-state index is 13.8. The van der Waals surface area contributed by atoms with E-state index < -0.39 is 11.6 Å². The number of carbonyl (C=O) groups excluding carboxylic acids is 1. The molecule has 0 aliphatic carbocycles. The van der Waals surface area contributed by atoms with Gasteiger partial charge in [-0.3, -0.25) is 4.79 Å². The summed E-state index contributed by atoms with van der Waals surface area (Å²) < 4.78 is 28.9. The Kier molecular flexibility index (Phi) is 3.98. The molecular formula is C17H16F2N6O. The standard InChI is InChI=1S/C17H16F2N6O/c1-23-10-22-15-16(23)20-9-21-17(15)25-5-4-24(14(26)8-25)7-11-6-12(18)2-3-13(11)19/h2-3,6,9-10H,4-5,7-8H2,1H3. The minimum absolute atomic E-state index is 0.0407. The van der Waals surface area contributed by atoms with Gasteiger partial charge in [0.25, 0.3) is 0 Å². The molecule has 2 aromatic heterocycles. The van der Waals surface area contributed by atoms with Crippen LogP contribution >= 0.6 is 0 Å². The number of carbonyl (C=O) groups is 1. The summed E-state index contributed by atoms with van der Waals surface area (Å²) in [6.07, 6.45) is 3.09. The van der Waals surface area contributed by atoms with Gasteiger partial charge in [0.15, 0.2) is 17.0 Å². The normalized spacial score (nSPS) is 15.1. The van der Waals surface area contributed by atoms with Gasteiger partial charge in [0, 0.05) is 32.2 Å². The molecule has 134 valence electrons.